The van der Waals surface area contributed by atoms with Crippen LogP contribution in [-0.4, -0.2) is 49.4 Å². The lowest BCUT2D eigenvalue weighted by atomic mass is 9.97. The third-order valence-corrected chi connectivity index (χ3v) is 4.23. The van der Waals surface area contributed by atoms with Gasteiger partial charge >= 0.3 is 0 Å². The van der Waals surface area contributed by atoms with E-state index in [1.54, 1.807) is 12.1 Å². The lowest BCUT2D eigenvalue weighted by Gasteiger charge is -2.31. The summed E-state index contributed by atoms with van der Waals surface area (Å²) in [6.07, 6.45) is 3.58. The molecule has 0 saturated carbocycles. The van der Waals surface area contributed by atoms with Crippen molar-refractivity contribution in [3.05, 3.63) is 42.5 Å². The van der Waals surface area contributed by atoms with Crippen LogP contribution in [0.5, 0.6) is 0 Å². The largest absolute Gasteiger partial charge is 0.381 e. The molecule has 0 spiro atoms. The molecule has 0 bridgehead atoms. The number of hydrogen-bond donors (Lipinski definition) is 3. The average Bonchev–Trinajstić information content (AvgIpc) is 2.60. The third kappa shape index (κ3) is 5.09. The van der Waals surface area contributed by atoms with Gasteiger partial charge in [0, 0.05) is 31.9 Å². The predicted molar refractivity (Wildman–Crippen MR) is 95.8 cm³/mol. The van der Waals surface area contributed by atoms with E-state index in [4.69, 9.17) is 5.73 Å². The summed E-state index contributed by atoms with van der Waals surface area (Å²) in [4.78, 5) is 25.9. The molecule has 1 unspecified atom stereocenters. The van der Waals surface area contributed by atoms with Crippen LogP contribution in [-0.2, 0) is 4.79 Å². The minimum absolute atomic E-state index is 0.0710. The highest BCUT2D eigenvalue weighted by Crippen LogP contribution is 2.16. The van der Waals surface area contributed by atoms with E-state index in [1.165, 1.54) is 0 Å². The zero-order chi connectivity index (χ0) is 17.4. The number of anilines is 1. The van der Waals surface area contributed by atoms with Gasteiger partial charge in [-0.05, 0) is 31.5 Å². The number of hydrogen-bond acceptors (Lipinski definition) is 4. The second-order valence-corrected chi connectivity index (χ2v) is 6.01. The fourth-order valence-corrected chi connectivity index (χ4v) is 2.93. The van der Waals surface area contributed by atoms with E-state index in [0.717, 1.165) is 31.6 Å². The first-order chi connectivity index (χ1) is 11.6. The van der Waals surface area contributed by atoms with Crippen LogP contribution in [0.15, 0.2) is 36.9 Å². The van der Waals surface area contributed by atoms with Gasteiger partial charge in [-0.25, -0.2) is 0 Å². The van der Waals surface area contributed by atoms with Crippen molar-refractivity contribution in [3.63, 3.8) is 0 Å². The number of amides is 2. The first-order valence-electron chi connectivity index (χ1n) is 8.35. The van der Waals surface area contributed by atoms with E-state index in [9.17, 15) is 9.59 Å². The molecule has 1 atom stereocenters. The van der Waals surface area contributed by atoms with Gasteiger partial charge in [0.2, 0.25) is 5.91 Å². The third-order valence-electron chi connectivity index (χ3n) is 4.23. The number of rotatable bonds is 8. The monoisotopic (exact) mass is 330 g/mol. The number of carbonyl (C=O) groups is 2. The van der Waals surface area contributed by atoms with E-state index >= 15 is 0 Å². The summed E-state index contributed by atoms with van der Waals surface area (Å²) < 4.78 is 0. The number of para-hydroxylation sites is 1. The van der Waals surface area contributed by atoms with Gasteiger partial charge in [-0.15, -0.1) is 6.58 Å². The first kappa shape index (κ1) is 18.0. The molecule has 0 aliphatic carbocycles. The van der Waals surface area contributed by atoms with Crippen molar-refractivity contribution in [2.75, 3.05) is 38.0 Å². The molecule has 1 saturated heterocycles. The molecule has 4 N–H and O–H groups in total. The van der Waals surface area contributed by atoms with Crippen molar-refractivity contribution >= 4 is 17.5 Å². The second kappa shape index (κ2) is 9.08. The number of benzene rings is 1. The minimum Gasteiger partial charge on any atom is -0.381 e. The molecule has 1 aromatic carbocycles. The van der Waals surface area contributed by atoms with Crippen LogP contribution in [0.25, 0.3) is 0 Å². The molecule has 1 aliphatic heterocycles. The number of nitrogens with two attached hydrogens (primary N) is 1. The van der Waals surface area contributed by atoms with Crippen molar-refractivity contribution in [2.24, 2.45) is 11.7 Å². The molecular formula is C18H26N4O2. The zero-order valence-corrected chi connectivity index (χ0v) is 14.0. The minimum atomic E-state index is -0.231. The molecule has 2 rings (SSSR count). The molecule has 24 heavy (non-hydrogen) atoms. The van der Waals surface area contributed by atoms with E-state index in [-0.39, 0.29) is 17.7 Å². The van der Waals surface area contributed by atoms with Crippen LogP contribution in [0.4, 0.5) is 5.69 Å². The van der Waals surface area contributed by atoms with Crippen molar-refractivity contribution in [1.29, 1.82) is 0 Å². The van der Waals surface area contributed by atoms with Gasteiger partial charge in [0.05, 0.1) is 11.5 Å². The van der Waals surface area contributed by atoms with Crippen LogP contribution in [0.2, 0.25) is 0 Å². The maximum atomic E-state index is 12.4. The Labute approximate surface area is 143 Å². The second-order valence-electron chi connectivity index (χ2n) is 6.01. The maximum absolute atomic E-state index is 12.4. The Hall–Kier alpha value is -2.34. The Morgan fingerprint density at radius 3 is 2.92 bits per heavy atom. The van der Waals surface area contributed by atoms with Crippen molar-refractivity contribution in [3.8, 4) is 0 Å². The van der Waals surface area contributed by atoms with Crippen LogP contribution < -0.4 is 16.4 Å². The number of nitrogens with zero attached hydrogens (tertiary/aromatic N) is 1. The Bertz CT molecular complexity index is 588. The van der Waals surface area contributed by atoms with E-state index in [0.29, 0.717) is 25.2 Å². The lowest BCUT2D eigenvalue weighted by molar-refractivity contribution is -0.123. The van der Waals surface area contributed by atoms with Crippen LogP contribution >= 0.6 is 0 Å². The van der Waals surface area contributed by atoms with Crippen molar-refractivity contribution in [1.82, 2.24) is 10.2 Å². The molecule has 0 aromatic heterocycles. The van der Waals surface area contributed by atoms with Crippen LogP contribution in [0.3, 0.4) is 0 Å². The predicted octanol–water partition coefficient (Wildman–Crippen LogP) is 1.21. The topological polar surface area (TPSA) is 87.5 Å². The number of primary amides is 1. The molecule has 1 aromatic rings. The molecule has 0 radical (unpaired) electrons. The smallest absolute Gasteiger partial charge is 0.253 e. The quantitative estimate of drug-likeness (QED) is 0.625. The fourth-order valence-electron chi connectivity index (χ4n) is 2.93. The first-order valence-corrected chi connectivity index (χ1v) is 8.35. The van der Waals surface area contributed by atoms with Gasteiger partial charge in [0.15, 0.2) is 0 Å². The summed E-state index contributed by atoms with van der Waals surface area (Å²) in [7, 11) is 0. The molecule has 1 heterocycles. The molecular weight excluding hydrogens is 304 g/mol. The Kier molecular flexibility index (Phi) is 6.81. The number of nitrogens with one attached hydrogen (secondary N) is 2. The Morgan fingerprint density at radius 1 is 1.38 bits per heavy atom. The normalized spacial score (nSPS) is 17.9. The highest BCUT2D eigenvalue weighted by Gasteiger charge is 2.23. The molecule has 2 amide bonds. The van der Waals surface area contributed by atoms with Crippen molar-refractivity contribution < 1.29 is 9.59 Å². The van der Waals surface area contributed by atoms with Crippen molar-refractivity contribution in [2.45, 2.75) is 12.8 Å². The summed E-state index contributed by atoms with van der Waals surface area (Å²) in [5.74, 6) is -0.408. The summed E-state index contributed by atoms with van der Waals surface area (Å²) >= 11 is 0. The standard InChI is InChI=1S/C18H26N4O2/c1-2-9-20-16-8-4-3-7-15(16)18(24)21-10-12-22-11-5-6-14(13-22)17(19)23/h2-4,7-8,14,20H,1,5-6,9-13H2,(H2,19,23)(H,21,24). The Balaban J connectivity index is 1.83. The lowest BCUT2D eigenvalue weighted by Crippen LogP contribution is -2.44. The van der Waals surface area contributed by atoms with Gasteiger partial charge < -0.3 is 21.3 Å². The van der Waals surface area contributed by atoms with Crippen LogP contribution in [0.1, 0.15) is 23.2 Å². The number of likely N-dealkylation sites (tertiary alicyclic amines) is 1. The zero-order valence-electron chi connectivity index (χ0n) is 14.0. The summed E-state index contributed by atoms with van der Waals surface area (Å²) in [5.41, 5.74) is 6.80. The van der Waals surface area contributed by atoms with Gasteiger partial charge in [0.25, 0.3) is 5.91 Å². The molecule has 1 aliphatic rings. The maximum Gasteiger partial charge on any atom is 0.253 e. The SMILES string of the molecule is C=CCNc1ccccc1C(=O)NCCN1CCCC(C(N)=O)C1. The van der Waals surface area contributed by atoms with Gasteiger partial charge in [0.1, 0.15) is 0 Å². The fraction of sp³-hybridized carbons (Fsp3) is 0.444. The number of carbonyl (C=O) groups excluding carboxylic acids is 2. The summed E-state index contributed by atoms with van der Waals surface area (Å²) in [6.45, 7) is 7.16. The Morgan fingerprint density at radius 2 is 2.17 bits per heavy atom. The summed E-state index contributed by atoms with van der Waals surface area (Å²) in [5, 5.41) is 6.11. The summed E-state index contributed by atoms with van der Waals surface area (Å²) in [6, 6.07) is 7.40. The molecule has 1 fully saturated rings. The van der Waals surface area contributed by atoms with E-state index in [2.05, 4.69) is 22.1 Å². The van der Waals surface area contributed by atoms with Gasteiger partial charge in [-0.2, -0.15) is 0 Å². The van der Waals surface area contributed by atoms with Gasteiger partial charge in [-0.1, -0.05) is 18.2 Å². The average molecular weight is 330 g/mol. The van der Waals surface area contributed by atoms with E-state index in [1.807, 2.05) is 18.2 Å². The molecule has 130 valence electrons. The van der Waals surface area contributed by atoms with Gasteiger partial charge in [-0.3, -0.25) is 9.59 Å². The molecule has 6 nitrogen and oxygen atoms in total. The van der Waals surface area contributed by atoms with E-state index < -0.39 is 0 Å². The highest BCUT2D eigenvalue weighted by molar-refractivity contribution is 5.99. The highest BCUT2D eigenvalue weighted by atomic mass is 16.2. The van der Waals surface area contributed by atoms with Crippen LogP contribution in [0, 0.1) is 5.92 Å². The number of piperidine rings is 1. The molecule has 6 heteroatoms.